The topological polar surface area (TPSA) is 61.4 Å². The van der Waals surface area contributed by atoms with E-state index in [-0.39, 0.29) is 18.5 Å². The van der Waals surface area contributed by atoms with E-state index in [1.54, 1.807) is 12.1 Å². The molecule has 0 bridgehead atoms. The minimum atomic E-state index is -0.498. The van der Waals surface area contributed by atoms with Crippen molar-refractivity contribution in [3.8, 4) is 0 Å². The number of anilines is 1. The van der Waals surface area contributed by atoms with Crippen LogP contribution in [0.3, 0.4) is 0 Å². The minimum Gasteiger partial charge on any atom is -0.308 e. The smallest absolute Gasteiger partial charge is 0.308 e. The molecule has 24 heavy (non-hydrogen) atoms. The Morgan fingerprint density at radius 3 is 2.38 bits per heavy atom. The number of imide groups is 1. The summed E-state index contributed by atoms with van der Waals surface area (Å²) < 4.78 is 0. The van der Waals surface area contributed by atoms with Crippen molar-refractivity contribution in [3.63, 3.8) is 0 Å². The van der Waals surface area contributed by atoms with Crippen molar-refractivity contribution in [1.82, 2.24) is 10.2 Å². The summed E-state index contributed by atoms with van der Waals surface area (Å²) in [7, 11) is 0. The summed E-state index contributed by atoms with van der Waals surface area (Å²) in [6.07, 6.45) is 2.09. The second-order valence-electron chi connectivity index (χ2n) is 5.91. The summed E-state index contributed by atoms with van der Waals surface area (Å²) in [4.78, 5) is 26.2. The molecule has 0 spiro atoms. The summed E-state index contributed by atoms with van der Waals surface area (Å²) in [5, 5.41) is 5.05. The quantitative estimate of drug-likeness (QED) is 0.908. The number of hydrogen-bond donors (Lipinski definition) is 2. The van der Waals surface area contributed by atoms with Crippen LogP contribution in [0, 0.1) is 0 Å². The van der Waals surface area contributed by atoms with Crippen LogP contribution >= 0.6 is 0 Å². The van der Waals surface area contributed by atoms with E-state index in [4.69, 9.17) is 0 Å². The molecule has 124 valence electrons. The van der Waals surface area contributed by atoms with Gasteiger partial charge in [0.15, 0.2) is 0 Å². The monoisotopic (exact) mass is 323 g/mol. The Hall–Kier alpha value is -2.66. The zero-order chi connectivity index (χ0) is 16.8. The van der Waals surface area contributed by atoms with Crippen molar-refractivity contribution >= 4 is 17.6 Å². The first-order chi connectivity index (χ1) is 11.7. The molecule has 3 rings (SSSR count). The Morgan fingerprint density at radius 2 is 1.67 bits per heavy atom. The number of hydrogen-bond acceptors (Lipinski definition) is 3. The summed E-state index contributed by atoms with van der Waals surface area (Å²) in [5.41, 5.74) is 1.88. The standard InChI is InChI=1S/C19H21N3O2/c23-18(21-19(24)20-16-10-5-2-6-11-16)14-22-13-7-12-17(22)15-8-3-1-4-9-15/h1-6,8-11,17H,7,12-14H2,(H2,20,21,23,24). The van der Waals surface area contributed by atoms with Crippen LogP contribution in [0.1, 0.15) is 24.4 Å². The number of para-hydroxylation sites is 1. The molecule has 0 aliphatic carbocycles. The molecule has 5 nitrogen and oxygen atoms in total. The number of amides is 3. The van der Waals surface area contributed by atoms with Crippen LogP contribution in [0.5, 0.6) is 0 Å². The van der Waals surface area contributed by atoms with Crippen molar-refractivity contribution in [2.45, 2.75) is 18.9 Å². The maximum Gasteiger partial charge on any atom is 0.325 e. The van der Waals surface area contributed by atoms with Gasteiger partial charge >= 0.3 is 6.03 Å². The van der Waals surface area contributed by atoms with Gasteiger partial charge in [-0.2, -0.15) is 0 Å². The zero-order valence-electron chi connectivity index (χ0n) is 13.4. The Balaban J connectivity index is 1.53. The average molecular weight is 323 g/mol. The molecule has 1 atom stereocenters. The third-order valence-electron chi connectivity index (χ3n) is 4.18. The molecular formula is C19H21N3O2. The highest BCUT2D eigenvalue weighted by molar-refractivity contribution is 6.01. The number of carbonyl (C=O) groups excluding carboxylic acids is 2. The van der Waals surface area contributed by atoms with Crippen LogP contribution in [0.4, 0.5) is 10.5 Å². The molecule has 1 aliphatic heterocycles. The van der Waals surface area contributed by atoms with Crippen LogP contribution in [0.2, 0.25) is 0 Å². The van der Waals surface area contributed by atoms with E-state index in [1.165, 1.54) is 5.56 Å². The number of rotatable bonds is 4. The summed E-state index contributed by atoms with van der Waals surface area (Å²) in [6, 6.07) is 19.0. The molecule has 2 aromatic carbocycles. The second-order valence-corrected chi connectivity index (χ2v) is 5.91. The van der Waals surface area contributed by atoms with Crippen LogP contribution < -0.4 is 10.6 Å². The lowest BCUT2D eigenvalue weighted by Gasteiger charge is -2.24. The number of nitrogens with zero attached hydrogens (tertiary/aromatic N) is 1. The minimum absolute atomic E-state index is 0.224. The fraction of sp³-hybridized carbons (Fsp3) is 0.263. The Labute approximate surface area is 141 Å². The molecular weight excluding hydrogens is 302 g/mol. The molecule has 2 aromatic rings. The maximum atomic E-state index is 12.2. The van der Waals surface area contributed by atoms with Crippen molar-refractivity contribution in [3.05, 3.63) is 66.2 Å². The summed E-state index contributed by atoms with van der Waals surface area (Å²) in [5.74, 6) is -0.286. The van der Waals surface area contributed by atoms with Gasteiger partial charge in [-0.1, -0.05) is 48.5 Å². The molecule has 5 heteroatoms. The van der Waals surface area contributed by atoms with Crippen LogP contribution in [-0.2, 0) is 4.79 Å². The van der Waals surface area contributed by atoms with Gasteiger partial charge in [0.1, 0.15) is 0 Å². The Kier molecular flexibility index (Phi) is 5.23. The highest BCUT2D eigenvalue weighted by Gasteiger charge is 2.27. The molecule has 1 heterocycles. The van der Waals surface area contributed by atoms with E-state index in [1.807, 2.05) is 36.4 Å². The first-order valence-electron chi connectivity index (χ1n) is 8.17. The molecule has 1 saturated heterocycles. The predicted molar refractivity (Wildman–Crippen MR) is 93.6 cm³/mol. The van der Waals surface area contributed by atoms with Gasteiger partial charge in [0.25, 0.3) is 0 Å². The molecule has 0 saturated carbocycles. The number of nitrogens with one attached hydrogen (secondary N) is 2. The van der Waals surface area contributed by atoms with E-state index in [0.29, 0.717) is 5.69 Å². The van der Waals surface area contributed by atoms with E-state index >= 15 is 0 Å². The molecule has 1 unspecified atom stereocenters. The van der Waals surface area contributed by atoms with E-state index in [9.17, 15) is 9.59 Å². The van der Waals surface area contributed by atoms with Gasteiger partial charge in [0, 0.05) is 11.7 Å². The molecule has 0 radical (unpaired) electrons. The van der Waals surface area contributed by atoms with Crippen molar-refractivity contribution in [2.75, 3.05) is 18.4 Å². The zero-order valence-corrected chi connectivity index (χ0v) is 13.4. The van der Waals surface area contributed by atoms with Crippen LogP contribution in [0.25, 0.3) is 0 Å². The number of benzene rings is 2. The SMILES string of the molecule is O=C(CN1CCCC1c1ccccc1)NC(=O)Nc1ccccc1. The van der Waals surface area contributed by atoms with Crippen molar-refractivity contribution in [2.24, 2.45) is 0 Å². The first-order valence-corrected chi connectivity index (χ1v) is 8.17. The molecule has 1 fully saturated rings. The third-order valence-corrected chi connectivity index (χ3v) is 4.18. The molecule has 1 aliphatic rings. The van der Waals surface area contributed by atoms with Gasteiger partial charge in [0.2, 0.25) is 5.91 Å². The summed E-state index contributed by atoms with van der Waals surface area (Å²) in [6.45, 7) is 1.09. The van der Waals surface area contributed by atoms with Gasteiger partial charge < -0.3 is 5.32 Å². The number of urea groups is 1. The van der Waals surface area contributed by atoms with E-state index in [0.717, 1.165) is 19.4 Å². The van der Waals surface area contributed by atoms with Gasteiger partial charge in [-0.15, -0.1) is 0 Å². The van der Waals surface area contributed by atoms with E-state index in [2.05, 4.69) is 27.7 Å². The second kappa shape index (κ2) is 7.75. The highest BCUT2D eigenvalue weighted by Crippen LogP contribution is 2.31. The van der Waals surface area contributed by atoms with Crippen LogP contribution in [0.15, 0.2) is 60.7 Å². The largest absolute Gasteiger partial charge is 0.325 e. The predicted octanol–water partition coefficient (Wildman–Crippen LogP) is 3.17. The summed E-state index contributed by atoms with van der Waals surface area (Å²) >= 11 is 0. The lowest BCUT2D eigenvalue weighted by molar-refractivity contribution is -0.121. The molecule has 3 amide bonds. The molecule has 0 aromatic heterocycles. The lowest BCUT2D eigenvalue weighted by Crippen LogP contribution is -2.41. The number of carbonyl (C=O) groups is 2. The fourth-order valence-electron chi connectivity index (χ4n) is 3.10. The fourth-order valence-corrected chi connectivity index (χ4v) is 3.10. The molecule has 2 N–H and O–H groups in total. The van der Waals surface area contributed by atoms with Crippen molar-refractivity contribution < 1.29 is 9.59 Å². The Bertz CT molecular complexity index is 688. The van der Waals surface area contributed by atoms with Gasteiger partial charge in [0.05, 0.1) is 6.54 Å². The average Bonchev–Trinajstić information content (AvgIpc) is 3.04. The lowest BCUT2D eigenvalue weighted by atomic mass is 10.0. The normalized spacial score (nSPS) is 17.4. The van der Waals surface area contributed by atoms with Crippen molar-refractivity contribution in [1.29, 1.82) is 0 Å². The van der Waals surface area contributed by atoms with Crippen LogP contribution in [-0.4, -0.2) is 29.9 Å². The van der Waals surface area contributed by atoms with E-state index < -0.39 is 6.03 Å². The first kappa shape index (κ1) is 16.2. The highest BCUT2D eigenvalue weighted by atomic mass is 16.2. The van der Waals surface area contributed by atoms with Gasteiger partial charge in [-0.25, -0.2) is 4.79 Å². The van der Waals surface area contributed by atoms with Gasteiger partial charge in [-0.05, 0) is 37.1 Å². The third kappa shape index (κ3) is 4.20. The Morgan fingerprint density at radius 1 is 1.00 bits per heavy atom. The van der Waals surface area contributed by atoms with Gasteiger partial charge in [-0.3, -0.25) is 15.0 Å². The number of likely N-dealkylation sites (tertiary alicyclic amines) is 1. The maximum absolute atomic E-state index is 12.2.